The minimum absolute atomic E-state index is 0.233. The lowest BCUT2D eigenvalue weighted by Gasteiger charge is -2.19. The highest BCUT2D eigenvalue weighted by Gasteiger charge is 2.15. The van der Waals surface area contributed by atoms with Crippen LogP contribution in [0.25, 0.3) is 0 Å². The van der Waals surface area contributed by atoms with Crippen LogP contribution in [0.2, 0.25) is 0 Å². The zero-order chi connectivity index (χ0) is 30.8. The number of carbonyl (C=O) groups is 1. The SMILES string of the molecule is C=COCCOCCOCCOCCOCCOCCOCCOCCOCCOCCOCCC(=O)OC(C)(C)C. The van der Waals surface area contributed by atoms with Crippen molar-refractivity contribution in [2.45, 2.75) is 32.8 Å². The standard InChI is InChI=1S/C29H56O13/c1-5-31-8-9-33-12-13-35-16-17-37-20-21-39-24-25-41-27-26-40-23-22-38-19-18-36-15-14-34-11-10-32-7-6-28(30)42-29(2,3)4/h5H,1,6-27H2,2-4H3. The van der Waals surface area contributed by atoms with Gasteiger partial charge in [-0.25, -0.2) is 0 Å². The van der Waals surface area contributed by atoms with E-state index in [0.717, 1.165) is 0 Å². The quantitative estimate of drug-likeness (QED) is 0.0598. The van der Waals surface area contributed by atoms with Crippen molar-refractivity contribution in [3.05, 3.63) is 12.8 Å². The van der Waals surface area contributed by atoms with E-state index in [-0.39, 0.29) is 12.4 Å². The number of esters is 1. The second-order valence-corrected chi connectivity index (χ2v) is 9.50. The lowest BCUT2D eigenvalue weighted by molar-refractivity contribution is -0.156. The van der Waals surface area contributed by atoms with Gasteiger partial charge >= 0.3 is 5.97 Å². The third-order valence-corrected chi connectivity index (χ3v) is 4.68. The van der Waals surface area contributed by atoms with Gasteiger partial charge in [-0.05, 0) is 20.8 Å². The highest BCUT2D eigenvalue weighted by molar-refractivity contribution is 5.69. The van der Waals surface area contributed by atoms with Crippen LogP contribution < -0.4 is 0 Å². The molecular formula is C29H56O13. The van der Waals surface area contributed by atoms with Crippen molar-refractivity contribution in [2.24, 2.45) is 0 Å². The molecular weight excluding hydrogens is 556 g/mol. The summed E-state index contributed by atoms with van der Waals surface area (Å²) in [6.45, 7) is 19.2. The number of rotatable bonds is 34. The van der Waals surface area contributed by atoms with Crippen LogP contribution in [0.15, 0.2) is 12.8 Å². The van der Waals surface area contributed by atoms with E-state index in [4.69, 9.17) is 56.8 Å². The monoisotopic (exact) mass is 612 g/mol. The second-order valence-electron chi connectivity index (χ2n) is 9.50. The fraction of sp³-hybridized carbons (Fsp3) is 0.897. The Hall–Kier alpha value is -1.39. The summed E-state index contributed by atoms with van der Waals surface area (Å²) in [4.78, 5) is 11.5. The van der Waals surface area contributed by atoms with E-state index in [1.165, 1.54) is 6.26 Å². The predicted molar refractivity (Wildman–Crippen MR) is 155 cm³/mol. The third-order valence-electron chi connectivity index (χ3n) is 4.68. The molecule has 0 aromatic rings. The number of hydrogen-bond acceptors (Lipinski definition) is 13. The van der Waals surface area contributed by atoms with Crippen molar-refractivity contribution >= 4 is 5.97 Å². The van der Waals surface area contributed by atoms with E-state index < -0.39 is 5.60 Å². The number of hydrogen-bond donors (Lipinski definition) is 0. The van der Waals surface area contributed by atoms with Gasteiger partial charge in [0.2, 0.25) is 0 Å². The van der Waals surface area contributed by atoms with Crippen molar-refractivity contribution < 1.29 is 61.6 Å². The molecule has 0 atom stereocenters. The van der Waals surface area contributed by atoms with Crippen molar-refractivity contribution in [3.8, 4) is 0 Å². The Bertz CT molecular complexity index is 572. The van der Waals surface area contributed by atoms with Gasteiger partial charge in [0.25, 0.3) is 0 Å². The Kier molecular flexibility index (Phi) is 31.4. The first kappa shape index (κ1) is 40.6. The minimum atomic E-state index is -0.472. The summed E-state index contributed by atoms with van der Waals surface area (Å²) in [5.74, 6) is -0.265. The Morgan fingerprint density at radius 2 is 0.690 bits per heavy atom. The molecule has 0 aromatic heterocycles. The normalized spacial score (nSPS) is 11.6. The molecule has 0 aliphatic carbocycles. The summed E-state index contributed by atoms with van der Waals surface area (Å²) in [5.41, 5.74) is -0.472. The lowest BCUT2D eigenvalue weighted by Crippen LogP contribution is -2.24. The highest BCUT2D eigenvalue weighted by Crippen LogP contribution is 2.08. The van der Waals surface area contributed by atoms with Crippen molar-refractivity contribution in [3.63, 3.8) is 0 Å². The Morgan fingerprint density at radius 3 is 0.929 bits per heavy atom. The van der Waals surface area contributed by atoms with Crippen molar-refractivity contribution in [1.29, 1.82) is 0 Å². The molecule has 0 bridgehead atoms. The summed E-state index contributed by atoms with van der Waals surface area (Å²) in [5, 5.41) is 0. The fourth-order valence-corrected chi connectivity index (χ4v) is 2.82. The van der Waals surface area contributed by atoms with Crippen LogP contribution in [0, 0.1) is 0 Å². The maximum absolute atomic E-state index is 11.5. The topological polar surface area (TPSA) is 128 Å². The molecule has 0 amide bonds. The smallest absolute Gasteiger partial charge is 0.308 e. The molecule has 0 saturated heterocycles. The van der Waals surface area contributed by atoms with Gasteiger partial charge in [0.1, 0.15) is 12.2 Å². The van der Waals surface area contributed by atoms with Gasteiger partial charge in [-0.2, -0.15) is 0 Å². The van der Waals surface area contributed by atoms with Gasteiger partial charge in [0.15, 0.2) is 0 Å². The van der Waals surface area contributed by atoms with Gasteiger partial charge in [0.05, 0.1) is 145 Å². The van der Waals surface area contributed by atoms with Crippen molar-refractivity contribution in [1.82, 2.24) is 0 Å². The zero-order valence-corrected chi connectivity index (χ0v) is 26.1. The van der Waals surface area contributed by atoms with Gasteiger partial charge in [-0.1, -0.05) is 6.58 Å². The van der Waals surface area contributed by atoms with Crippen LogP contribution >= 0.6 is 0 Å². The van der Waals surface area contributed by atoms with Crippen LogP contribution in [-0.2, 0) is 61.6 Å². The predicted octanol–water partition coefficient (Wildman–Crippen LogP) is 2.04. The van der Waals surface area contributed by atoms with Gasteiger partial charge in [0, 0.05) is 0 Å². The van der Waals surface area contributed by atoms with E-state index in [1.54, 1.807) is 0 Å². The fourth-order valence-electron chi connectivity index (χ4n) is 2.82. The average molecular weight is 613 g/mol. The van der Waals surface area contributed by atoms with Crippen molar-refractivity contribution in [2.75, 3.05) is 139 Å². The molecule has 42 heavy (non-hydrogen) atoms. The van der Waals surface area contributed by atoms with E-state index >= 15 is 0 Å². The first-order valence-corrected chi connectivity index (χ1v) is 14.7. The lowest BCUT2D eigenvalue weighted by atomic mass is 10.2. The third kappa shape index (κ3) is 36.6. The van der Waals surface area contributed by atoms with Gasteiger partial charge in [-0.3, -0.25) is 4.79 Å². The maximum atomic E-state index is 11.5. The van der Waals surface area contributed by atoms with E-state index in [0.29, 0.717) is 139 Å². The summed E-state index contributed by atoms with van der Waals surface area (Å²) in [7, 11) is 0. The Morgan fingerprint density at radius 1 is 0.452 bits per heavy atom. The molecule has 0 rings (SSSR count). The van der Waals surface area contributed by atoms with E-state index in [2.05, 4.69) is 6.58 Å². The number of ether oxygens (including phenoxy) is 12. The molecule has 13 heteroatoms. The molecule has 13 nitrogen and oxygen atoms in total. The first-order chi connectivity index (χ1) is 20.5. The summed E-state index contributed by atoms with van der Waals surface area (Å²) in [6, 6.07) is 0. The molecule has 0 aliphatic rings. The Balaban J connectivity index is 3.09. The van der Waals surface area contributed by atoms with Crippen LogP contribution in [0.4, 0.5) is 0 Å². The van der Waals surface area contributed by atoms with Crippen LogP contribution in [0.3, 0.4) is 0 Å². The summed E-state index contributed by atoms with van der Waals surface area (Å²) >= 11 is 0. The largest absolute Gasteiger partial charge is 0.499 e. The maximum Gasteiger partial charge on any atom is 0.308 e. The van der Waals surface area contributed by atoms with Crippen LogP contribution in [-0.4, -0.2) is 150 Å². The van der Waals surface area contributed by atoms with E-state index in [9.17, 15) is 4.79 Å². The molecule has 0 aliphatic heterocycles. The molecule has 0 saturated carbocycles. The molecule has 0 aromatic carbocycles. The molecule has 250 valence electrons. The number of carbonyl (C=O) groups excluding carboxylic acids is 1. The minimum Gasteiger partial charge on any atom is -0.499 e. The summed E-state index contributed by atoms with van der Waals surface area (Å²) in [6.07, 6.45) is 1.63. The molecule has 0 fully saturated rings. The van der Waals surface area contributed by atoms with Crippen LogP contribution in [0.1, 0.15) is 27.2 Å². The highest BCUT2D eigenvalue weighted by atomic mass is 16.6. The van der Waals surface area contributed by atoms with Crippen LogP contribution in [0.5, 0.6) is 0 Å². The molecule has 0 N–H and O–H groups in total. The molecule has 0 heterocycles. The average Bonchev–Trinajstić information content (AvgIpc) is 2.94. The van der Waals surface area contributed by atoms with E-state index in [1.807, 2.05) is 20.8 Å². The molecule has 0 spiro atoms. The van der Waals surface area contributed by atoms with Gasteiger partial charge < -0.3 is 56.8 Å². The first-order valence-electron chi connectivity index (χ1n) is 14.7. The molecule has 0 unspecified atom stereocenters. The summed E-state index contributed by atoms with van der Waals surface area (Å²) < 4.78 is 64.3. The second kappa shape index (κ2) is 32.5. The zero-order valence-electron chi connectivity index (χ0n) is 26.1. The van der Waals surface area contributed by atoms with Gasteiger partial charge in [-0.15, -0.1) is 0 Å². The Labute approximate surface area is 252 Å². The molecule has 0 radical (unpaired) electrons.